The quantitative estimate of drug-likeness (QED) is 0.380. The SMILES string of the molecule is CCN(CC)c1ccc2c(c1)[Si](C)(c1ccccc1)C1=CC(=[N+](CC)CC)C=CC1=N2. The van der Waals surface area contributed by atoms with Gasteiger partial charge in [-0.3, -0.25) is 0 Å². The van der Waals surface area contributed by atoms with E-state index in [-0.39, 0.29) is 0 Å². The van der Waals surface area contributed by atoms with Crippen molar-refractivity contribution in [3.8, 4) is 0 Å². The van der Waals surface area contributed by atoms with Crippen molar-refractivity contribution in [2.75, 3.05) is 31.1 Å². The van der Waals surface area contributed by atoms with Gasteiger partial charge in [0, 0.05) is 30.9 Å². The van der Waals surface area contributed by atoms with E-state index in [0.29, 0.717) is 0 Å². The Hall–Kier alpha value is -2.72. The first-order valence-electron chi connectivity index (χ1n) is 11.6. The highest BCUT2D eigenvalue weighted by molar-refractivity contribution is 7.10. The molecule has 2 aliphatic rings. The Morgan fingerprint density at radius 1 is 0.903 bits per heavy atom. The van der Waals surface area contributed by atoms with Crippen molar-refractivity contribution in [2.45, 2.75) is 34.2 Å². The van der Waals surface area contributed by atoms with E-state index in [1.54, 1.807) is 0 Å². The van der Waals surface area contributed by atoms with Gasteiger partial charge in [0.05, 0.1) is 11.4 Å². The Balaban J connectivity index is 2.00. The summed E-state index contributed by atoms with van der Waals surface area (Å²) in [6.07, 6.45) is 6.90. The van der Waals surface area contributed by atoms with Crippen molar-refractivity contribution < 1.29 is 4.58 Å². The summed E-state index contributed by atoms with van der Waals surface area (Å²) in [6.45, 7) is 15.5. The van der Waals surface area contributed by atoms with Crippen molar-refractivity contribution in [3.05, 3.63) is 72.0 Å². The predicted octanol–water partition coefficient (Wildman–Crippen LogP) is 4.34. The smallest absolute Gasteiger partial charge is 0.199 e. The standard InChI is InChI=1S/C27H34N3Si/c1-6-29(7-2)21-15-17-24-26(19-21)31(5,23-13-11-10-12-14-23)27-20-22(30(8-3)9-4)16-18-25(27)28-24/h10-20H,6-9H2,1-5H3/q+1. The van der Waals surface area contributed by atoms with Crippen LogP contribution in [0.1, 0.15) is 27.7 Å². The summed E-state index contributed by atoms with van der Waals surface area (Å²) in [5.74, 6) is 0. The van der Waals surface area contributed by atoms with E-state index in [4.69, 9.17) is 4.99 Å². The third kappa shape index (κ3) is 3.63. The van der Waals surface area contributed by atoms with Gasteiger partial charge in [0.1, 0.15) is 13.1 Å². The van der Waals surface area contributed by atoms with E-state index in [0.717, 1.165) is 37.6 Å². The number of hydrogen-bond acceptors (Lipinski definition) is 2. The van der Waals surface area contributed by atoms with Crippen molar-refractivity contribution in [1.82, 2.24) is 0 Å². The van der Waals surface area contributed by atoms with E-state index >= 15 is 0 Å². The van der Waals surface area contributed by atoms with Gasteiger partial charge in [0.25, 0.3) is 0 Å². The number of fused-ring (bicyclic) bond motifs is 2. The molecule has 0 saturated heterocycles. The van der Waals surface area contributed by atoms with Gasteiger partial charge in [-0.1, -0.05) is 36.9 Å². The molecule has 1 unspecified atom stereocenters. The number of hydrogen-bond donors (Lipinski definition) is 0. The Morgan fingerprint density at radius 2 is 1.61 bits per heavy atom. The van der Waals surface area contributed by atoms with Crippen LogP contribution in [0.4, 0.5) is 11.4 Å². The molecule has 0 amide bonds. The predicted molar refractivity (Wildman–Crippen MR) is 138 cm³/mol. The highest BCUT2D eigenvalue weighted by Gasteiger charge is 2.43. The van der Waals surface area contributed by atoms with Gasteiger partial charge in [-0.05, 0) is 67.5 Å². The molecule has 3 nitrogen and oxygen atoms in total. The molecule has 1 atom stereocenters. The summed E-state index contributed by atoms with van der Waals surface area (Å²) < 4.78 is 2.43. The van der Waals surface area contributed by atoms with Gasteiger partial charge < -0.3 is 4.90 Å². The normalized spacial score (nSPS) is 19.3. The van der Waals surface area contributed by atoms with E-state index in [9.17, 15) is 0 Å². The van der Waals surface area contributed by atoms with Crippen LogP contribution < -0.4 is 15.3 Å². The van der Waals surface area contributed by atoms with Crippen molar-refractivity contribution in [2.24, 2.45) is 4.99 Å². The molecule has 4 heteroatoms. The average molecular weight is 429 g/mol. The van der Waals surface area contributed by atoms with Gasteiger partial charge in [-0.25, -0.2) is 9.57 Å². The molecule has 2 aromatic rings. The van der Waals surface area contributed by atoms with Crippen LogP contribution in [0.3, 0.4) is 0 Å². The lowest BCUT2D eigenvalue weighted by molar-refractivity contribution is -0.519. The van der Waals surface area contributed by atoms with E-state index in [2.05, 4.69) is 110 Å². The fourth-order valence-electron chi connectivity index (χ4n) is 4.97. The second kappa shape index (κ2) is 8.79. The number of allylic oxidation sites excluding steroid dienone is 4. The number of anilines is 1. The monoisotopic (exact) mass is 428 g/mol. The summed E-state index contributed by atoms with van der Waals surface area (Å²) >= 11 is 0. The molecule has 0 spiro atoms. The van der Waals surface area contributed by atoms with Crippen LogP contribution >= 0.6 is 0 Å². The molecule has 0 fully saturated rings. The second-order valence-corrected chi connectivity index (χ2v) is 12.3. The number of nitrogens with zero attached hydrogens (tertiary/aromatic N) is 3. The lowest BCUT2D eigenvalue weighted by Gasteiger charge is -2.37. The Bertz CT molecular complexity index is 1080. The van der Waals surface area contributed by atoms with Crippen molar-refractivity contribution >= 4 is 41.2 Å². The van der Waals surface area contributed by atoms with Gasteiger partial charge in [-0.15, -0.1) is 0 Å². The van der Waals surface area contributed by atoms with E-state index in [1.807, 2.05) is 0 Å². The molecule has 0 bridgehead atoms. The first-order valence-corrected chi connectivity index (χ1v) is 14.1. The molecule has 0 aromatic heterocycles. The summed E-state index contributed by atoms with van der Waals surface area (Å²) in [7, 11) is -2.21. The summed E-state index contributed by atoms with van der Waals surface area (Å²) in [5, 5.41) is 4.29. The van der Waals surface area contributed by atoms with Crippen LogP contribution in [-0.2, 0) is 0 Å². The van der Waals surface area contributed by atoms with Crippen LogP contribution in [0.2, 0.25) is 6.55 Å². The number of rotatable bonds is 6. The first kappa shape index (κ1) is 21.5. The molecule has 1 aliphatic carbocycles. The maximum Gasteiger partial charge on any atom is 0.199 e. The lowest BCUT2D eigenvalue weighted by atomic mass is 10.1. The molecule has 0 radical (unpaired) electrons. The maximum atomic E-state index is 5.13. The summed E-state index contributed by atoms with van der Waals surface area (Å²) in [6, 6.07) is 18.0. The zero-order valence-electron chi connectivity index (χ0n) is 19.5. The fourth-order valence-corrected chi connectivity index (χ4v) is 8.92. The molecule has 0 saturated carbocycles. The second-order valence-electron chi connectivity index (χ2n) is 8.35. The van der Waals surface area contributed by atoms with Crippen molar-refractivity contribution in [3.63, 3.8) is 0 Å². The van der Waals surface area contributed by atoms with Crippen LogP contribution in [-0.4, -0.2) is 50.3 Å². The summed E-state index contributed by atoms with van der Waals surface area (Å²) in [5.41, 5.74) is 4.88. The average Bonchev–Trinajstić information content (AvgIpc) is 2.82. The van der Waals surface area contributed by atoms with Crippen LogP contribution in [0.5, 0.6) is 0 Å². The van der Waals surface area contributed by atoms with Gasteiger partial charge in [0.2, 0.25) is 0 Å². The zero-order chi connectivity index (χ0) is 22.0. The Kier molecular flexibility index (Phi) is 6.10. The molecular weight excluding hydrogens is 394 g/mol. The minimum atomic E-state index is -2.21. The molecule has 31 heavy (non-hydrogen) atoms. The van der Waals surface area contributed by atoms with E-state index in [1.165, 1.54) is 27.0 Å². The Labute approximate surface area is 188 Å². The first-order chi connectivity index (χ1) is 15.1. The molecule has 1 heterocycles. The number of aliphatic imine (C=N–C) groups is 1. The molecule has 1 aliphatic heterocycles. The summed E-state index contributed by atoms with van der Waals surface area (Å²) in [4.78, 5) is 7.56. The molecular formula is C27H34N3Si+. The molecule has 2 aromatic carbocycles. The topological polar surface area (TPSA) is 18.6 Å². The third-order valence-corrected chi connectivity index (χ3v) is 11.3. The highest BCUT2D eigenvalue weighted by Crippen LogP contribution is 2.32. The van der Waals surface area contributed by atoms with Gasteiger partial charge in [0.15, 0.2) is 13.8 Å². The van der Waals surface area contributed by atoms with Crippen molar-refractivity contribution in [1.29, 1.82) is 0 Å². The fraction of sp³-hybridized carbons (Fsp3) is 0.333. The number of benzene rings is 2. The minimum Gasteiger partial charge on any atom is -0.372 e. The highest BCUT2D eigenvalue weighted by atomic mass is 28.3. The molecule has 160 valence electrons. The molecule has 4 rings (SSSR count). The van der Waals surface area contributed by atoms with Gasteiger partial charge in [-0.2, -0.15) is 0 Å². The van der Waals surface area contributed by atoms with E-state index < -0.39 is 8.07 Å². The largest absolute Gasteiger partial charge is 0.372 e. The van der Waals surface area contributed by atoms with Crippen LogP contribution in [0.25, 0.3) is 0 Å². The zero-order valence-corrected chi connectivity index (χ0v) is 20.5. The van der Waals surface area contributed by atoms with Crippen LogP contribution in [0.15, 0.2) is 76.9 Å². The minimum absolute atomic E-state index is 1.01. The molecule has 0 N–H and O–H groups in total. The lowest BCUT2D eigenvalue weighted by Crippen LogP contribution is -2.61. The maximum absolute atomic E-state index is 5.13. The van der Waals surface area contributed by atoms with Crippen LogP contribution in [0, 0.1) is 0 Å². The third-order valence-electron chi connectivity index (χ3n) is 6.89. The Morgan fingerprint density at radius 3 is 2.26 bits per heavy atom. The van der Waals surface area contributed by atoms with Gasteiger partial charge >= 0.3 is 0 Å².